The van der Waals surface area contributed by atoms with Crippen molar-refractivity contribution in [2.75, 3.05) is 6.61 Å². The Hall–Kier alpha value is -1.42. The van der Waals surface area contributed by atoms with Crippen LogP contribution in [0.25, 0.3) is 0 Å². The molecule has 0 saturated heterocycles. The SMILES string of the molecule is O=C(COC(=O)[C@@H]1C=CCCC1)c1ccc(Br)cc1. The third-order valence-corrected chi connectivity index (χ3v) is 3.60. The van der Waals surface area contributed by atoms with Gasteiger partial charge < -0.3 is 4.74 Å². The number of halogens is 1. The molecule has 1 aliphatic rings. The van der Waals surface area contributed by atoms with Crippen LogP contribution in [0.5, 0.6) is 0 Å². The summed E-state index contributed by atoms with van der Waals surface area (Å²) in [6, 6.07) is 7.00. The third kappa shape index (κ3) is 4.03. The molecule has 0 unspecified atom stereocenters. The highest BCUT2D eigenvalue weighted by Crippen LogP contribution is 2.18. The summed E-state index contributed by atoms with van der Waals surface area (Å²) in [6.45, 7) is -0.190. The molecule has 0 aliphatic heterocycles. The molecule has 100 valence electrons. The minimum atomic E-state index is -0.304. The number of esters is 1. The molecule has 1 aliphatic carbocycles. The number of ether oxygens (including phenoxy) is 1. The van der Waals surface area contributed by atoms with E-state index in [9.17, 15) is 9.59 Å². The summed E-state index contributed by atoms with van der Waals surface area (Å²) in [4.78, 5) is 23.6. The first-order valence-electron chi connectivity index (χ1n) is 6.29. The highest BCUT2D eigenvalue weighted by molar-refractivity contribution is 9.10. The van der Waals surface area contributed by atoms with Crippen molar-refractivity contribution in [1.29, 1.82) is 0 Å². The quantitative estimate of drug-likeness (QED) is 0.484. The Bertz CT molecular complexity index is 491. The maximum absolute atomic E-state index is 11.8. The number of hydrogen-bond donors (Lipinski definition) is 0. The Morgan fingerprint density at radius 3 is 2.63 bits per heavy atom. The average Bonchev–Trinajstić information content (AvgIpc) is 2.46. The van der Waals surface area contributed by atoms with Crippen molar-refractivity contribution in [3.8, 4) is 0 Å². The molecule has 1 aromatic rings. The molecule has 0 bridgehead atoms. The molecular formula is C15H15BrO3. The predicted octanol–water partition coefficient (Wildman–Crippen LogP) is 3.53. The molecule has 2 rings (SSSR count). The number of rotatable bonds is 4. The first kappa shape index (κ1) is 14.0. The van der Waals surface area contributed by atoms with Gasteiger partial charge in [0.1, 0.15) is 0 Å². The molecule has 3 nitrogen and oxygen atoms in total. The lowest BCUT2D eigenvalue weighted by molar-refractivity contribution is -0.146. The van der Waals surface area contributed by atoms with Crippen LogP contribution in [-0.2, 0) is 9.53 Å². The fraction of sp³-hybridized carbons (Fsp3) is 0.333. The Labute approximate surface area is 120 Å². The van der Waals surface area contributed by atoms with Gasteiger partial charge in [0.2, 0.25) is 0 Å². The van der Waals surface area contributed by atoms with Crippen molar-refractivity contribution < 1.29 is 14.3 Å². The molecule has 19 heavy (non-hydrogen) atoms. The van der Waals surface area contributed by atoms with Crippen LogP contribution in [0.4, 0.5) is 0 Å². The zero-order valence-electron chi connectivity index (χ0n) is 10.5. The first-order valence-corrected chi connectivity index (χ1v) is 7.08. The van der Waals surface area contributed by atoms with Crippen molar-refractivity contribution in [3.05, 3.63) is 46.5 Å². The lowest BCUT2D eigenvalue weighted by Crippen LogP contribution is -2.21. The van der Waals surface area contributed by atoms with E-state index in [1.54, 1.807) is 24.3 Å². The normalized spacial score (nSPS) is 18.1. The Kier molecular flexibility index (Phi) is 4.91. The molecule has 0 saturated carbocycles. The number of hydrogen-bond acceptors (Lipinski definition) is 3. The van der Waals surface area contributed by atoms with Crippen LogP contribution in [0.1, 0.15) is 29.6 Å². The minimum absolute atomic E-state index is 0.180. The van der Waals surface area contributed by atoms with E-state index in [1.165, 1.54) is 0 Å². The maximum Gasteiger partial charge on any atom is 0.313 e. The van der Waals surface area contributed by atoms with Crippen LogP contribution in [0.3, 0.4) is 0 Å². The summed E-state index contributed by atoms with van der Waals surface area (Å²) in [6.07, 6.45) is 6.68. The monoisotopic (exact) mass is 322 g/mol. The van der Waals surface area contributed by atoms with Crippen molar-refractivity contribution in [2.24, 2.45) is 5.92 Å². The second-order valence-corrected chi connectivity index (χ2v) is 5.42. The number of carbonyl (C=O) groups is 2. The summed E-state index contributed by atoms with van der Waals surface area (Å²) >= 11 is 3.30. The number of carbonyl (C=O) groups excluding carboxylic acids is 2. The molecule has 0 N–H and O–H groups in total. The van der Waals surface area contributed by atoms with Crippen molar-refractivity contribution in [3.63, 3.8) is 0 Å². The van der Waals surface area contributed by atoms with E-state index in [4.69, 9.17) is 4.74 Å². The molecule has 4 heteroatoms. The third-order valence-electron chi connectivity index (χ3n) is 3.07. The molecule has 0 heterocycles. The molecule has 1 aromatic carbocycles. The van der Waals surface area contributed by atoms with Crippen molar-refractivity contribution >= 4 is 27.7 Å². The summed E-state index contributed by atoms with van der Waals surface area (Å²) in [5.41, 5.74) is 0.551. The smallest absolute Gasteiger partial charge is 0.313 e. The van der Waals surface area contributed by atoms with E-state index in [0.29, 0.717) is 5.56 Å². The molecule has 0 amide bonds. The van der Waals surface area contributed by atoms with Gasteiger partial charge in [-0.3, -0.25) is 9.59 Å². The van der Waals surface area contributed by atoms with Gasteiger partial charge in [-0.15, -0.1) is 0 Å². The average molecular weight is 323 g/mol. The van der Waals surface area contributed by atoms with Gasteiger partial charge in [-0.1, -0.05) is 40.2 Å². The maximum atomic E-state index is 11.8. The van der Waals surface area contributed by atoms with Gasteiger partial charge in [-0.2, -0.15) is 0 Å². The summed E-state index contributed by atoms with van der Waals surface area (Å²) in [5.74, 6) is -0.673. The van der Waals surface area contributed by atoms with Crippen LogP contribution >= 0.6 is 15.9 Å². The van der Waals surface area contributed by atoms with Crippen LogP contribution in [0.15, 0.2) is 40.9 Å². The zero-order valence-corrected chi connectivity index (χ0v) is 12.1. The van der Waals surface area contributed by atoms with Crippen LogP contribution in [0, 0.1) is 5.92 Å². The van der Waals surface area contributed by atoms with Gasteiger partial charge in [0.05, 0.1) is 5.92 Å². The van der Waals surface area contributed by atoms with Crippen molar-refractivity contribution in [2.45, 2.75) is 19.3 Å². The van der Waals surface area contributed by atoms with Gasteiger partial charge in [-0.25, -0.2) is 0 Å². The van der Waals surface area contributed by atoms with Crippen molar-refractivity contribution in [1.82, 2.24) is 0 Å². The largest absolute Gasteiger partial charge is 0.457 e. The summed E-state index contributed by atoms with van der Waals surface area (Å²) in [7, 11) is 0. The van der Waals surface area contributed by atoms with Gasteiger partial charge in [-0.05, 0) is 31.4 Å². The highest BCUT2D eigenvalue weighted by atomic mass is 79.9. The molecular weight excluding hydrogens is 308 g/mol. The topological polar surface area (TPSA) is 43.4 Å². The number of benzene rings is 1. The number of allylic oxidation sites excluding steroid dienone is 1. The van der Waals surface area contributed by atoms with E-state index in [2.05, 4.69) is 15.9 Å². The van der Waals surface area contributed by atoms with Gasteiger partial charge in [0.25, 0.3) is 0 Å². The van der Waals surface area contributed by atoms with Gasteiger partial charge in [0, 0.05) is 10.0 Å². The highest BCUT2D eigenvalue weighted by Gasteiger charge is 2.19. The first-order chi connectivity index (χ1) is 9.16. The number of Topliss-reactive ketones (excluding diaryl/α,β-unsaturated/α-hetero) is 1. The predicted molar refractivity (Wildman–Crippen MR) is 75.9 cm³/mol. The van der Waals surface area contributed by atoms with Crippen LogP contribution in [-0.4, -0.2) is 18.4 Å². The summed E-state index contributed by atoms with van der Waals surface area (Å²) in [5, 5.41) is 0. The molecule has 0 spiro atoms. The Balaban J connectivity index is 1.86. The fourth-order valence-electron chi connectivity index (χ4n) is 1.97. The molecule has 0 radical (unpaired) electrons. The van der Waals surface area contributed by atoms with Crippen LogP contribution in [0.2, 0.25) is 0 Å². The lowest BCUT2D eigenvalue weighted by atomic mass is 9.96. The fourth-order valence-corrected chi connectivity index (χ4v) is 2.24. The lowest BCUT2D eigenvalue weighted by Gasteiger charge is -2.14. The zero-order chi connectivity index (χ0) is 13.7. The van der Waals surface area contributed by atoms with E-state index < -0.39 is 0 Å². The van der Waals surface area contributed by atoms with E-state index in [-0.39, 0.29) is 24.3 Å². The summed E-state index contributed by atoms with van der Waals surface area (Å²) < 4.78 is 5.99. The molecule has 0 aromatic heterocycles. The Morgan fingerprint density at radius 1 is 1.26 bits per heavy atom. The Morgan fingerprint density at radius 2 is 2.00 bits per heavy atom. The van der Waals surface area contributed by atoms with E-state index in [1.807, 2.05) is 12.2 Å². The standard InChI is InChI=1S/C15H15BrO3/c16-13-8-6-11(7-9-13)14(17)10-19-15(18)12-4-2-1-3-5-12/h2,4,6-9,12H,1,3,5,10H2/t12-/m1/s1. The number of ketones is 1. The molecule has 0 fully saturated rings. The second-order valence-electron chi connectivity index (χ2n) is 4.50. The van der Waals surface area contributed by atoms with Gasteiger partial charge in [0.15, 0.2) is 12.4 Å². The van der Waals surface area contributed by atoms with Crippen LogP contribution < -0.4 is 0 Å². The van der Waals surface area contributed by atoms with E-state index >= 15 is 0 Å². The van der Waals surface area contributed by atoms with E-state index in [0.717, 1.165) is 23.7 Å². The molecule has 1 atom stereocenters. The van der Waals surface area contributed by atoms with Gasteiger partial charge >= 0.3 is 5.97 Å². The minimum Gasteiger partial charge on any atom is -0.457 e. The second kappa shape index (κ2) is 6.66.